The van der Waals surface area contributed by atoms with E-state index in [2.05, 4.69) is 21.2 Å². The number of halogens is 1. The highest BCUT2D eigenvalue weighted by molar-refractivity contribution is 9.10. The van der Waals surface area contributed by atoms with Gasteiger partial charge in [-0.25, -0.2) is 4.79 Å². The molecule has 98 valence electrons. The maximum atomic E-state index is 11.8. The third kappa shape index (κ3) is 3.82. The van der Waals surface area contributed by atoms with E-state index in [0.29, 0.717) is 5.56 Å². The Morgan fingerprint density at radius 1 is 1.44 bits per heavy atom. The maximum absolute atomic E-state index is 11.8. The number of hydrogen-bond donors (Lipinski definition) is 3. The minimum Gasteiger partial charge on any atom is -0.480 e. The monoisotopic (exact) mass is 315 g/mol. The van der Waals surface area contributed by atoms with Crippen LogP contribution in [0, 0.1) is 6.92 Å². The van der Waals surface area contributed by atoms with Gasteiger partial charge in [0.25, 0.3) is 5.91 Å². The Morgan fingerprint density at radius 3 is 2.61 bits per heavy atom. The molecule has 0 heterocycles. The molecule has 0 saturated heterocycles. The number of aliphatic hydroxyl groups is 1. The van der Waals surface area contributed by atoms with Crippen molar-refractivity contribution in [3.8, 4) is 0 Å². The van der Waals surface area contributed by atoms with Crippen LogP contribution in [0.5, 0.6) is 0 Å². The summed E-state index contributed by atoms with van der Waals surface area (Å²) in [6.45, 7) is 1.59. The van der Waals surface area contributed by atoms with Gasteiger partial charge in [-0.1, -0.05) is 22.0 Å². The minimum atomic E-state index is -1.16. The average Bonchev–Trinajstić information content (AvgIpc) is 2.31. The molecular weight excluding hydrogens is 302 g/mol. The number of carbonyl (C=O) groups is 2. The highest BCUT2D eigenvalue weighted by atomic mass is 79.9. The lowest BCUT2D eigenvalue weighted by atomic mass is 10.1. The predicted octanol–water partition coefficient (Wildman–Crippen LogP) is 1.32. The van der Waals surface area contributed by atoms with Crippen LogP contribution in [0.4, 0.5) is 0 Å². The Morgan fingerprint density at radius 2 is 2.11 bits per heavy atom. The average molecular weight is 316 g/mol. The third-order valence-electron chi connectivity index (χ3n) is 2.46. The van der Waals surface area contributed by atoms with Gasteiger partial charge in [-0.15, -0.1) is 0 Å². The van der Waals surface area contributed by atoms with Crippen molar-refractivity contribution in [2.45, 2.75) is 19.4 Å². The van der Waals surface area contributed by atoms with Crippen LogP contribution in [0.15, 0.2) is 22.7 Å². The van der Waals surface area contributed by atoms with Gasteiger partial charge in [0.15, 0.2) is 0 Å². The fourth-order valence-electron chi connectivity index (χ4n) is 1.36. The van der Waals surface area contributed by atoms with E-state index in [-0.39, 0.29) is 13.0 Å². The summed E-state index contributed by atoms with van der Waals surface area (Å²) in [5, 5.41) is 20.0. The topological polar surface area (TPSA) is 86.6 Å². The number of rotatable bonds is 5. The van der Waals surface area contributed by atoms with Gasteiger partial charge >= 0.3 is 5.97 Å². The van der Waals surface area contributed by atoms with Crippen molar-refractivity contribution in [1.29, 1.82) is 0 Å². The number of benzene rings is 1. The Balaban J connectivity index is 2.80. The van der Waals surface area contributed by atoms with E-state index in [9.17, 15) is 9.59 Å². The number of carboxylic acids is 1. The number of aliphatic carboxylic acids is 1. The minimum absolute atomic E-state index is 0.0197. The van der Waals surface area contributed by atoms with E-state index in [1.54, 1.807) is 18.2 Å². The molecule has 0 aliphatic rings. The molecule has 1 aromatic carbocycles. The van der Waals surface area contributed by atoms with Gasteiger partial charge in [0, 0.05) is 23.1 Å². The molecule has 1 rings (SSSR count). The van der Waals surface area contributed by atoms with Crippen molar-refractivity contribution in [3.63, 3.8) is 0 Å². The molecule has 3 N–H and O–H groups in total. The highest BCUT2D eigenvalue weighted by Crippen LogP contribution is 2.17. The van der Waals surface area contributed by atoms with Crippen LogP contribution in [0.2, 0.25) is 0 Å². The Bertz CT molecular complexity index is 461. The molecule has 0 aliphatic carbocycles. The molecule has 18 heavy (non-hydrogen) atoms. The molecule has 0 bridgehead atoms. The van der Waals surface area contributed by atoms with E-state index in [4.69, 9.17) is 10.2 Å². The van der Waals surface area contributed by atoms with E-state index >= 15 is 0 Å². The first kappa shape index (κ1) is 14.7. The standard InChI is InChI=1S/C12H14BrNO4/c1-7-2-3-8(6-9(7)13)11(16)14-10(4-5-15)12(17)18/h2-3,6,10,15H,4-5H2,1H3,(H,14,16)(H,17,18)/t10-/m0/s1. The van der Waals surface area contributed by atoms with Gasteiger partial charge in [-0.3, -0.25) is 4.79 Å². The van der Waals surface area contributed by atoms with Gasteiger partial charge in [0.2, 0.25) is 0 Å². The predicted molar refractivity (Wildman–Crippen MR) is 69.5 cm³/mol. The Labute approximate surface area is 113 Å². The molecular formula is C12H14BrNO4. The van der Waals surface area contributed by atoms with Crippen molar-refractivity contribution >= 4 is 27.8 Å². The lowest BCUT2D eigenvalue weighted by Crippen LogP contribution is -2.41. The van der Waals surface area contributed by atoms with Crippen molar-refractivity contribution in [3.05, 3.63) is 33.8 Å². The molecule has 0 fully saturated rings. The van der Waals surface area contributed by atoms with E-state index < -0.39 is 17.9 Å². The summed E-state index contributed by atoms with van der Waals surface area (Å²) in [6, 6.07) is 3.93. The largest absolute Gasteiger partial charge is 0.480 e. The number of aryl methyl sites for hydroxylation is 1. The SMILES string of the molecule is Cc1ccc(C(=O)N[C@@H](CCO)C(=O)O)cc1Br. The lowest BCUT2D eigenvalue weighted by Gasteiger charge is -2.13. The number of aliphatic hydroxyl groups excluding tert-OH is 1. The fourth-order valence-corrected chi connectivity index (χ4v) is 1.74. The number of carbonyl (C=O) groups excluding carboxylic acids is 1. The Kier molecular flexibility index (Phi) is 5.30. The van der Waals surface area contributed by atoms with E-state index in [1.807, 2.05) is 6.92 Å². The molecule has 0 unspecified atom stereocenters. The van der Waals surface area contributed by atoms with Crippen molar-refractivity contribution in [2.24, 2.45) is 0 Å². The van der Waals surface area contributed by atoms with Crippen LogP contribution >= 0.6 is 15.9 Å². The molecule has 0 aromatic heterocycles. The van der Waals surface area contributed by atoms with Crippen molar-refractivity contribution in [2.75, 3.05) is 6.61 Å². The highest BCUT2D eigenvalue weighted by Gasteiger charge is 2.20. The van der Waals surface area contributed by atoms with Gasteiger partial charge in [-0.05, 0) is 24.6 Å². The quantitative estimate of drug-likeness (QED) is 0.765. The fraction of sp³-hybridized carbons (Fsp3) is 0.333. The summed E-state index contributed by atoms with van der Waals surface area (Å²) in [5.41, 5.74) is 1.35. The van der Waals surface area contributed by atoms with Crippen LogP contribution < -0.4 is 5.32 Å². The molecule has 1 atom stereocenters. The van der Waals surface area contributed by atoms with Gasteiger partial charge in [0.05, 0.1) is 0 Å². The number of hydrogen-bond acceptors (Lipinski definition) is 3. The first-order chi connectivity index (χ1) is 8.45. The molecule has 1 amide bonds. The third-order valence-corrected chi connectivity index (χ3v) is 3.31. The number of amides is 1. The molecule has 0 aliphatic heterocycles. The summed E-state index contributed by atoms with van der Waals surface area (Å²) < 4.78 is 0.782. The molecule has 6 heteroatoms. The van der Waals surface area contributed by atoms with Crippen LogP contribution in [0.1, 0.15) is 22.3 Å². The first-order valence-corrected chi connectivity index (χ1v) is 6.15. The second-order valence-electron chi connectivity index (χ2n) is 3.84. The molecule has 5 nitrogen and oxygen atoms in total. The van der Waals surface area contributed by atoms with Crippen LogP contribution in [-0.4, -0.2) is 34.7 Å². The summed E-state index contributed by atoms with van der Waals surface area (Å²) in [5.74, 6) is -1.64. The summed E-state index contributed by atoms with van der Waals surface area (Å²) >= 11 is 3.30. The molecule has 1 aromatic rings. The normalized spacial score (nSPS) is 11.9. The van der Waals surface area contributed by atoms with Gasteiger partial charge < -0.3 is 15.5 Å². The molecule has 0 saturated carbocycles. The van der Waals surface area contributed by atoms with Crippen molar-refractivity contribution < 1.29 is 19.8 Å². The van der Waals surface area contributed by atoms with Crippen LogP contribution in [-0.2, 0) is 4.79 Å². The van der Waals surface area contributed by atoms with Gasteiger partial charge in [-0.2, -0.15) is 0 Å². The van der Waals surface area contributed by atoms with Gasteiger partial charge in [0.1, 0.15) is 6.04 Å². The zero-order chi connectivity index (χ0) is 13.7. The maximum Gasteiger partial charge on any atom is 0.326 e. The second kappa shape index (κ2) is 6.51. The smallest absolute Gasteiger partial charge is 0.326 e. The number of carboxylic acid groups (broad SMARTS) is 1. The summed E-state index contributed by atoms with van der Waals surface area (Å²) in [7, 11) is 0. The summed E-state index contributed by atoms with van der Waals surface area (Å²) in [6.07, 6.45) is -0.0197. The first-order valence-electron chi connectivity index (χ1n) is 5.36. The number of nitrogens with one attached hydrogen (secondary N) is 1. The second-order valence-corrected chi connectivity index (χ2v) is 4.69. The van der Waals surface area contributed by atoms with Crippen molar-refractivity contribution in [1.82, 2.24) is 5.32 Å². The zero-order valence-electron chi connectivity index (χ0n) is 9.81. The lowest BCUT2D eigenvalue weighted by molar-refractivity contribution is -0.139. The molecule has 0 spiro atoms. The van der Waals surface area contributed by atoms with Crippen LogP contribution in [0.25, 0.3) is 0 Å². The molecule has 0 radical (unpaired) electrons. The summed E-state index contributed by atoms with van der Waals surface area (Å²) in [4.78, 5) is 22.7. The van der Waals surface area contributed by atoms with E-state index in [0.717, 1.165) is 10.0 Å². The zero-order valence-corrected chi connectivity index (χ0v) is 11.4. The van der Waals surface area contributed by atoms with Crippen LogP contribution in [0.3, 0.4) is 0 Å². The van der Waals surface area contributed by atoms with E-state index in [1.165, 1.54) is 0 Å². The Hall–Kier alpha value is -1.40.